The Hall–Kier alpha value is -2.79. The molecule has 1 heterocycles. The van der Waals surface area contributed by atoms with E-state index >= 15 is 0 Å². The molecule has 124 valence electrons. The number of benzene rings is 3. The van der Waals surface area contributed by atoms with Gasteiger partial charge in [-0.15, -0.1) is 0 Å². The second-order valence-corrected chi connectivity index (χ2v) is 8.16. The summed E-state index contributed by atoms with van der Waals surface area (Å²) in [5.41, 5.74) is 0.692. The van der Waals surface area contributed by atoms with Gasteiger partial charge in [0.1, 0.15) is 11.5 Å². The van der Waals surface area contributed by atoms with Gasteiger partial charge in [-0.2, -0.15) is 0 Å². The highest BCUT2D eigenvalue weighted by atomic mass is 32.2. The Morgan fingerprint density at radius 1 is 0.840 bits per heavy atom. The predicted molar refractivity (Wildman–Crippen MR) is 94.5 cm³/mol. The van der Waals surface area contributed by atoms with Crippen molar-refractivity contribution in [1.82, 2.24) is 0 Å². The average Bonchev–Trinajstić information content (AvgIpc) is 2.64. The van der Waals surface area contributed by atoms with E-state index in [1.165, 1.54) is 12.1 Å². The van der Waals surface area contributed by atoms with E-state index < -0.39 is 21.0 Å². The molecule has 0 aliphatic carbocycles. The first-order valence-electron chi connectivity index (χ1n) is 7.85. The van der Waals surface area contributed by atoms with E-state index in [1.807, 2.05) is 30.3 Å². The number of aldehydes is 1. The van der Waals surface area contributed by atoms with Gasteiger partial charge in [0.2, 0.25) is 0 Å². The molecule has 0 aromatic heterocycles. The Morgan fingerprint density at radius 3 is 2.28 bits per heavy atom. The molecule has 0 bridgehead atoms. The van der Waals surface area contributed by atoms with Crippen molar-refractivity contribution in [2.75, 3.05) is 0 Å². The highest BCUT2D eigenvalue weighted by Gasteiger charge is 2.46. The zero-order chi connectivity index (χ0) is 17.6. The zero-order valence-corrected chi connectivity index (χ0v) is 13.9. The minimum absolute atomic E-state index is 0.0610. The van der Waals surface area contributed by atoms with Crippen molar-refractivity contribution in [2.45, 2.75) is 16.1 Å². The number of Topliss-reactive ketones (excluding diaryl/α,β-unsaturated/α-hetero) is 1. The number of carbonyl (C=O) groups is 2. The molecule has 5 heteroatoms. The third-order valence-corrected chi connectivity index (χ3v) is 6.76. The van der Waals surface area contributed by atoms with E-state index in [-0.39, 0.29) is 16.2 Å². The summed E-state index contributed by atoms with van der Waals surface area (Å²) in [5, 5.41) is 0.477. The van der Waals surface area contributed by atoms with Crippen LogP contribution in [0, 0.1) is 0 Å². The molecule has 3 aromatic carbocycles. The molecule has 0 N–H and O–H groups in total. The molecular formula is C20H14O4S. The highest BCUT2D eigenvalue weighted by Crippen LogP contribution is 2.38. The summed E-state index contributed by atoms with van der Waals surface area (Å²) in [6, 6.07) is 19.0. The molecule has 0 amide bonds. The molecule has 1 aliphatic rings. The first-order valence-corrected chi connectivity index (χ1v) is 9.40. The van der Waals surface area contributed by atoms with Crippen LogP contribution in [0.25, 0.3) is 10.8 Å². The van der Waals surface area contributed by atoms with Crippen molar-refractivity contribution in [3.8, 4) is 0 Å². The van der Waals surface area contributed by atoms with E-state index in [0.717, 1.165) is 10.8 Å². The molecule has 0 saturated carbocycles. The molecule has 0 spiro atoms. The Labute approximate surface area is 145 Å². The average molecular weight is 350 g/mol. The lowest BCUT2D eigenvalue weighted by molar-refractivity contribution is -0.107. The number of fused-ring (bicyclic) bond motifs is 2. The Bertz CT molecular complexity index is 1120. The van der Waals surface area contributed by atoms with Crippen LogP contribution in [0.4, 0.5) is 0 Å². The molecule has 0 fully saturated rings. The molecule has 2 atom stereocenters. The fourth-order valence-electron chi connectivity index (χ4n) is 3.45. The lowest BCUT2D eigenvalue weighted by atomic mass is 9.86. The van der Waals surface area contributed by atoms with Crippen molar-refractivity contribution in [1.29, 1.82) is 0 Å². The quantitative estimate of drug-likeness (QED) is 0.666. The number of rotatable bonds is 2. The van der Waals surface area contributed by atoms with Crippen LogP contribution in [0.1, 0.15) is 21.8 Å². The van der Waals surface area contributed by atoms with E-state index in [1.54, 1.807) is 24.3 Å². The van der Waals surface area contributed by atoms with Gasteiger partial charge in [-0.05, 0) is 22.4 Å². The molecule has 0 radical (unpaired) electrons. The highest BCUT2D eigenvalue weighted by molar-refractivity contribution is 7.93. The van der Waals surface area contributed by atoms with E-state index in [2.05, 4.69) is 0 Å². The standard InChI is InChI=1S/C20H14O4S/c21-12-18-19(15-10-9-13-5-1-2-6-14(13)11-15)20(22)16-7-3-4-8-17(16)25(18,23)24/h1-12,18-19H. The van der Waals surface area contributed by atoms with Crippen molar-refractivity contribution in [2.24, 2.45) is 0 Å². The number of hydrogen-bond acceptors (Lipinski definition) is 4. The summed E-state index contributed by atoms with van der Waals surface area (Å²) in [6.45, 7) is 0. The van der Waals surface area contributed by atoms with Gasteiger partial charge in [0, 0.05) is 5.56 Å². The predicted octanol–water partition coefficient (Wildman–Crippen LogP) is 3.16. The first kappa shape index (κ1) is 15.7. The van der Waals surface area contributed by atoms with Gasteiger partial charge in [-0.25, -0.2) is 8.42 Å². The van der Waals surface area contributed by atoms with Crippen LogP contribution < -0.4 is 0 Å². The number of sulfone groups is 1. The van der Waals surface area contributed by atoms with E-state index in [4.69, 9.17) is 0 Å². The Kier molecular flexibility index (Phi) is 3.54. The first-order chi connectivity index (χ1) is 12.0. The summed E-state index contributed by atoms with van der Waals surface area (Å²) < 4.78 is 25.7. The molecule has 4 nitrogen and oxygen atoms in total. The molecule has 25 heavy (non-hydrogen) atoms. The van der Waals surface area contributed by atoms with Crippen LogP contribution in [0.3, 0.4) is 0 Å². The summed E-state index contributed by atoms with van der Waals surface area (Å²) in [7, 11) is -3.91. The second-order valence-electron chi connectivity index (χ2n) is 6.09. The fraction of sp³-hybridized carbons (Fsp3) is 0.100. The van der Waals surface area contributed by atoms with Crippen molar-refractivity contribution >= 4 is 32.7 Å². The van der Waals surface area contributed by atoms with Gasteiger partial charge in [0.15, 0.2) is 15.6 Å². The SMILES string of the molecule is O=CC1C(c2ccc3ccccc3c2)C(=O)c2ccccc2S1(=O)=O. The third kappa shape index (κ3) is 2.31. The summed E-state index contributed by atoms with van der Waals surface area (Å²) in [6.07, 6.45) is 0.378. The van der Waals surface area contributed by atoms with E-state index in [9.17, 15) is 18.0 Å². The van der Waals surface area contributed by atoms with Crippen molar-refractivity contribution in [3.05, 3.63) is 77.9 Å². The van der Waals surface area contributed by atoms with Crippen molar-refractivity contribution in [3.63, 3.8) is 0 Å². The van der Waals surface area contributed by atoms with Crippen LogP contribution in [-0.4, -0.2) is 25.7 Å². The lowest BCUT2D eigenvalue weighted by Gasteiger charge is -2.28. The van der Waals surface area contributed by atoms with Crippen LogP contribution in [0.5, 0.6) is 0 Å². The van der Waals surface area contributed by atoms with Crippen LogP contribution in [0.15, 0.2) is 71.6 Å². The van der Waals surface area contributed by atoms with Gasteiger partial charge < -0.3 is 4.79 Å². The van der Waals surface area contributed by atoms with Gasteiger partial charge in [0.05, 0.1) is 10.8 Å². The van der Waals surface area contributed by atoms with Crippen LogP contribution in [0.2, 0.25) is 0 Å². The topological polar surface area (TPSA) is 68.3 Å². The monoisotopic (exact) mass is 350 g/mol. The fourth-order valence-corrected chi connectivity index (χ4v) is 5.28. The number of carbonyl (C=O) groups excluding carboxylic acids is 2. The van der Waals surface area contributed by atoms with Gasteiger partial charge >= 0.3 is 0 Å². The third-order valence-electron chi connectivity index (χ3n) is 4.70. The van der Waals surface area contributed by atoms with Gasteiger partial charge in [0.25, 0.3) is 0 Å². The van der Waals surface area contributed by atoms with Crippen LogP contribution >= 0.6 is 0 Å². The Morgan fingerprint density at radius 2 is 1.52 bits per heavy atom. The maximum atomic E-state index is 13.0. The number of ketones is 1. The van der Waals surface area contributed by atoms with Crippen LogP contribution in [-0.2, 0) is 14.6 Å². The number of hydrogen-bond donors (Lipinski definition) is 0. The second kappa shape index (κ2) is 5.63. The molecule has 0 saturated heterocycles. The molecule has 2 unspecified atom stereocenters. The normalized spacial score (nSPS) is 21.7. The Balaban J connectivity index is 1.96. The van der Waals surface area contributed by atoms with Gasteiger partial charge in [-0.1, -0.05) is 60.7 Å². The summed E-state index contributed by atoms with van der Waals surface area (Å²) in [4.78, 5) is 24.6. The largest absolute Gasteiger partial charge is 0.302 e. The molecule has 4 rings (SSSR count). The minimum atomic E-state index is -3.91. The molecule has 3 aromatic rings. The summed E-state index contributed by atoms with van der Waals surface area (Å²) in [5.74, 6) is -1.36. The van der Waals surface area contributed by atoms with Crippen molar-refractivity contribution < 1.29 is 18.0 Å². The summed E-state index contributed by atoms with van der Waals surface area (Å²) >= 11 is 0. The zero-order valence-electron chi connectivity index (χ0n) is 13.1. The maximum absolute atomic E-state index is 13.0. The smallest absolute Gasteiger partial charge is 0.189 e. The van der Waals surface area contributed by atoms with E-state index in [0.29, 0.717) is 11.8 Å². The lowest BCUT2D eigenvalue weighted by Crippen LogP contribution is -2.40. The van der Waals surface area contributed by atoms with Gasteiger partial charge in [-0.3, -0.25) is 4.79 Å². The maximum Gasteiger partial charge on any atom is 0.189 e. The molecule has 1 aliphatic heterocycles. The minimum Gasteiger partial charge on any atom is -0.302 e. The molecular weight excluding hydrogens is 336 g/mol.